The Bertz CT molecular complexity index is 864. The number of hydrogen-bond donors (Lipinski definition) is 1. The van der Waals surface area contributed by atoms with E-state index in [2.05, 4.69) is 11.4 Å². The molecule has 1 aromatic carbocycles. The number of methoxy groups -OCH3 is 1. The topological polar surface area (TPSA) is 75.7 Å². The summed E-state index contributed by atoms with van der Waals surface area (Å²) in [6.07, 6.45) is 9.33. The maximum atomic E-state index is 13.2. The van der Waals surface area contributed by atoms with Crippen molar-refractivity contribution in [3.63, 3.8) is 0 Å². The van der Waals surface area contributed by atoms with Gasteiger partial charge in [0, 0.05) is 19.6 Å². The SMILES string of the molecule is COc1ccc(C)cc1S(=O)(=O)N1CCC[C@H](C(=O)NCCC2=CCCCC2)C1. The molecule has 1 aliphatic heterocycles. The van der Waals surface area contributed by atoms with Crippen molar-refractivity contribution in [3.8, 4) is 5.75 Å². The number of benzene rings is 1. The number of sulfonamides is 1. The molecule has 0 spiro atoms. The van der Waals surface area contributed by atoms with Crippen molar-refractivity contribution < 1.29 is 17.9 Å². The average Bonchev–Trinajstić information content (AvgIpc) is 2.74. The Balaban J connectivity index is 1.63. The molecule has 160 valence electrons. The lowest BCUT2D eigenvalue weighted by Gasteiger charge is -2.31. The van der Waals surface area contributed by atoms with E-state index in [0.29, 0.717) is 31.7 Å². The highest BCUT2D eigenvalue weighted by Gasteiger charge is 2.34. The summed E-state index contributed by atoms with van der Waals surface area (Å²) in [5.41, 5.74) is 2.28. The van der Waals surface area contributed by atoms with E-state index in [-0.39, 0.29) is 23.3 Å². The van der Waals surface area contributed by atoms with Gasteiger partial charge in [0.05, 0.1) is 13.0 Å². The molecule has 0 saturated carbocycles. The minimum atomic E-state index is -3.71. The second kappa shape index (κ2) is 9.76. The van der Waals surface area contributed by atoms with Gasteiger partial charge < -0.3 is 10.1 Å². The predicted octanol–water partition coefficient (Wildman–Crippen LogP) is 3.41. The molecule has 0 aromatic heterocycles. The first-order chi connectivity index (χ1) is 13.9. The number of allylic oxidation sites excluding steroid dienone is 1. The van der Waals surface area contributed by atoms with Gasteiger partial charge in [-0.1, -0.05) is 17.7 Å². The summed E-state index contributed by atoms with van der Waals surface area (Å²) in [5, 5.41) is 3.02. The highest BCUT2D eigenvalue weighted by molar-refractivity contribution is 7.89. The Hall–Kier alpha value is -1.86. The fraction of sp³-hybridized carbons (Fsp3) is 0.591. The summed E-state index contributed by atoms with van der Waals surface area (Å²) in [7, 11) is -2.24. The van der Waals surface area contributed by atoms with Crippen LogP contribution in [-0.2, 0) is 14.8 Å². The second-order valence-electron chi connectivity index (χ2n) is 8.01. The van der Waals surface area contributed by atoms with Crippen LogP contribution in [0.5, 0.6) is 5.75 Å². The molecular formula is C22H32N2O4S. The molecule has 1 heterocycles. The second-order valence-corrected chi connectivity index (χ2v) is 9.91. The van der Waals surface area contributed by atoms with Crippen molar-refractivity contribution in [1.82, 2.24) is 9.62 Å². The van der Waals surface area contributed by atoms with Crippen molar-refractivity contribution in [3.05, 3.63) is 35.4 Å². The highest BCUT2D eigenvalue weighted by atomic mass is 32.2. The number of rotatable bonds is 7. The molecule has 1 fully saturated rings. The summed E-state index contributed by atoms with van der Waals surface area (Å²) in [6, 6.07) is 5.14. The molecule has 0 radical (unpaired) electrons. The number of carbonyl (C=O) groups excluding carboxylic acids is 1. The Morgan fingerprint density at radius 1 is 1.28 bits per heavy atom. The normalized spacial score (nSPS) is 20.8. The molecule has 1 saturated heterocycles. The molecule has 6 nitrogen and oxygen atoms in total. The first-order valence-electron chi connectivity index (χ1n) is 10.5. The van der Waals surface area contributed by atoms with Gasteiger partial charge in [-0.25, -0.2) is 8.42 Å². The Kier molecular flexibility index (Phi) is 7.35. The fourth-order valence-electron chi connectivity index (χ4n) is 4.12. The van der Waals surface area contributed by atoms with Crippen molar-refractivity contribution in [2.24, 2.45) is 5.92 Å². The number of aryl methyl sites for hydroxylation is 1. The number of nitrogens with one attached hydrogen (secondary N) is 1. The van der Waals surface area contributed by atoms with Crippen LogP contribution in [0.2, 0.25) is 0 Å². The van der Waals surface area contributed by atoms with Gasteiger partial charge in [-0.3, -0.25) is 4.79 Å². The van der Waals surface area contributed by atoms with Crippen molar-refractivity contribution >= 4 is 15.9 Å². The van der Waals surface area contributed by atoms with E-state index >= 15 is 0 Å². The number of amides is 1. The van der Waals surface area contributed by atoms with Crippen LogP contribution >= 0.6 is 0 Å². The van der Waals surface area contributed by atoms with Crippen molar-refractivity contribution in [2.45, 2.75) is 56.8 Å². The van der Waals surface area contributed by atoms with E-state index in [1.54, 1.807) is 12.1 Å². The zero-order chi connectivity index (χ0) is 20.9. The third-order valence-corrected chi connectivity index (χ3v) is 7.71. The molecular weight excluding hydrogens is 388 g/mol. The Morgan fingerprint density at radius 2 is 2.10 bits per heavy atom. The smallest absolute Gasteiger partial charge is 0.246 e. The third-order valence-electron chi connectivity index (χ3n) is 5.82. The summed E-state index contributed by atoms with van der Waals surface area (Å²) in [6.45, 7) is 3.12. The van der Waals surface area contributed by atoms with Crippen LogP contribution in [0.3, 0.4) is 0 Å². The maximum Gasteiger partial charge on any atom is 0.246 e. The van der Waals surface area contributed by atoms with Crippen LogP contribution in [0.1, 0.15) is 50.5 Å². The fourth-order valence-corrected chi connectivity index (χ4v) is 5.89. The molecule has 1 N–H and O–H groups in total. The van der Waals surface area contributed by atoms with Crippen LogP contribution in [0.15, 0.2) is 34.7 Å². The third kappa shape index (κ3) is 5.39. The lowest BCUT2D eigenvalue weighted by Crippen LogP contribution is -2.45. The molecule has 1 atom stereocenters. The van der Waals surface area contributed by atoms with Gasteiger partial charge in [-0.05, 0) is 69.6 Å². The zero-order valence-corrected chi connectivity index (χ0v) is 18.3. The van der Waals surface area contributed by atoms with Crippen molar-refractivity contribution in [2.75, 3.05) is 26.7 Å². The minimum Gasteiger partial charge on any atom is -0.495 e. The Labute approximate surface area is 174 Å². The van der Waals surface area contributed by atoms with Gasteiger partial charge in [0.1, 0.15) is 10.6 Å². The van der Waals surface area contributed by atoms with E-state index < -0.39 is 10.0 Å². The lowest BCUT2D eigenvalue weighted by molar-refractivity contribution is -0.126. The number of ether oxygens (including phenoxy) is 1. The van der Waals surface area contributed by atoms with Gasteiger partial charge in [-0.2, -0.15) is 4.31 Å². The van der Waals surface area contributed by atoms with Crippen LogP contribution in [0, 0.1) is 12.8 Å². The number of hydrogen-bond acceptors (Lipinski definition) is 4. The molecule has 3 rings (SSSR count). The van der Waals surface area contributed by atoms with Crippen LogP contribution < -0.4 is 10.1 Å². The molecule has 1 aromatic rings. The summed E-state index contributed by atoms with van der Waals surface area (Å²) >= 11 is 0. The van der Waals surface area contributed by atoms with Gasteiger partial charge >= 0.3 is 0 Å². The van der Waals surface area contributed by atoms with E-state index in [0.717, 1.165) is 24.8 Å². The molecule has 0 unspecified atom stereocenters. The number of nitrogens with zero attached hydrogens (tertiary/aromatic N) is 1. The summed E-state index contributed by atoms with van der Waals surface area (Å²) < 4.78 is 33.1. The van der Waals surface area contributed by atoms with Crippen LogP contribution in [0.4, 0.5) is 0 Å². The monoisotopic (exact) mass is 420 g/mol. The first-order valence-corrected chi connectivity index (χ1v) is 12.0. The van der Waals surface area contributed by atoms with Gasteiger partial charge in [0.15, 0.2) is 0 Å². The van der Waals surface area contributed by atoms with Crippen molar-refractivity contribution in [1.29, 1.82) is 0 Å². The summed E-state index contributed by atoms with van der Waals surface area (Å²) in [5.74, 6) is -0.0184. The molecule has 1 amide bonds. The number of piperidine rings is 1. The van der Waals surface area contributed by atoms with Crippen LogP contribution in [-0.4, -0.2) is 45.4 Å². The zero-order valence-electron chi connectivity index (χ0n) is 17.4. The first kappa shape index (κ1) is 21.8. The molecule has 29 heavy (non-hydrogen) atoms. The molecule has 7 heteroatoms. The van der Waals surface area contributed by atoms with E-state index in [1.807, 2.05) is 13.0 Å². The minimum absolute atomic E-state index is 0.0440. The predicted molar refractivity (Wildman–Crippen MR) is 113 cm³/mol. The molecule has 2 aliphatic rings. The van der Waals surface area contributed by atoms with E-state index in [4.69, 9.17) is 4.74 Å². The Morgan fingerprint density at radius 3 is 2.83 bits per heavy atom. The highest BCUT2D eigenvalue weighted by Crippen LogP contribution is 2.30. The largest absolute Gasteiger partial charge is 0.495 e. The summed E-state index contributed by atoms with van der Waals surface area (Å²) in [4.78, 5) is 12.8. The number of carbonyl (C=O) groups is 1. The van der Waals surface area contributed by atoms with Crippen LogP contribution in [0.25, 0.3) is 0 Å². The van der Waals surface area contributed by atoms with Gasteiger partial charge in [0.25, 0.3) is 0 Å². The van der Waals surface area contributed by atoms with E-state index in [9.17, 15) is 13.2 Å². The standard InChI is InChI=1S/C22H32N2O4S/c1-17-10-11-20(28-2)21(15-17)29(26,27)24-14-6-9-19(16-24)22(25)23-13-12-18-7-4-3-5-8-18/h7,10-11,15,19H,3-6,8-9,12-14,16H2,1-2H3,(H,23,25)/t19-/m0/s1. The maximum absolute atomic E-state index is 13.2. The van der Waals surface area contributed by atoms with Gasteiger partial charge in [0.2, 0.25) is 15.9 Å². The molecule has 1 aliphatic carbocycles. The molecule has 0 bridgehead atoms. The average molecular weight is 421 g/mol. The van der Waals surface area contributed by atoms with E-state index in [1.165, 1.54) is 29.8 Å². The van der Waals surface area contributed by atoms with Gasteiger partial charge in [-0.15, -0.1) is 0 Å². The lowest BCUT2D eigenvalue weighted by atomic mass is 9.96. The quantitative estimate of drug-likeness (QED) is 0.686.